The third-order valence-electron chi connectivity index (χ3n) is 2.25. The molecule has 0 aromatic heterocycles. The van der Waals surface area contributed by atoms with E-state index >= 15 is 0 Å². The van der Waals surface area contributed by atoms with E-state index in [9.17, 15) is 0 Å². The Morgan fingerprint density at radius 3 is 2.92 bits per heavy atom. The highest BCUT2D eigenvalue weighted by Crippen LogP contribution is 2.24. The summed E-state index contributed by atoms with van der Waals surface area (Å²) in [5.41, 5.74) is 2.54. The first-order valence-corrected chi connectivity index (χ1v) is 4.54. The van der Waals surface area contributed by atoms with Crippen LogP contribution < -0.4 is 0 Å². The Bertz CT molecular complexity index is 368. The first kappa shape index (κ1) is 8.55. The number of nitriles is 1. The Balaban J connectivity index is 2.21. The molecule has 0 fully saturated rings. The zero-order valence-corrected chi connectivity index (χ0v) is 7.88. The first-order valence-electron chi connectivity index (χ1n) is 4.16. The van der Waals surface area contributed by atoms with Crippen molar-refractivity contribution in [2.24, 2.45) is 0 Å². The molecule has 13 heavy (non-hydrogen) atoms. The minimum Gasteiger partial charge on any atom is -0.282 e. The smallest absolute Gasteiger partial charge is 0.0871 e. The monoisotopic (exact) mass is 192 g/mol. The minimum atomic E-state index is 0.492. The van der Waals surface area contributed by atoms with E-state index in [1.54, 1.807) is 0 Å². The standard InChI is InChI=1S/C10H9ClN2/c11-10-2-1-8-6-13(4-3-12)7-9(8)5-10/h1-2,5H,4,6-7H2. The minimum absolute atomic E-state index is 0.492. The van der Waals surface area contributed by atoms with Crippen molar-refractivity contribution in [2.45, 2.75) is 13.1 Å². The molecule has 0 saturated heterocycles. The third-order valence-corrected chi connectivity index (χ3v) is 2.49. The van der Waals surface area contributed by atoms with E-state index in [4.69, 9.17) is 16.9 Å². The molecule has 3 heteroatoms. The highest BCUT2D eigenvalue weighted by Gasteiger charge is 2.17. The van der Waals surface area contributed by atoms with Crippen molar-refractivity contribution >= 4 is 11.6 Å². The molecule has 66 valence electrons. The van der Waals surface area contributed by atoms with Crippen molar-refractivity contribution in [3.05, 3.63) is 34.3 Å². The Kier molecular flexibility index (Phi) is 2.22. The molecule has 0 N–H and O–H groups in total. The molecule has 1 heterocycles. The number of nitrogens with zero attached hydrogens (tertiary/aromatic N) is 2. The van der Waals surface area contributed by atoms with Gasteiger partial charge in [0.25, 0.3) is 0 Å². The molecule has 0 atom stereocenters. The molecule has 0 unspecified atom stereocenters. The van der Waals surface area contributed by atoms with Crippen LogP contribution in [-0.2, 0) is 13.1 Å². The van der Waals surface area contributed by atoms with Gasteiger partial charge >= 0.3 is 0 Å². The van der Waals surface area contributed by atoms with E-state index in [-0.39, 0.29) is 0 Å². The summed E-state index contributed by atoms with van der Waals surface area (Å²) in [4.78, 5) is 2.10. The van der Waals surface area contributed by atoms with Gasteiger partial charge in [0.1, 0.15) is 0 Å². The highest BCUT2D eigenvalue weighted by molar-refractivity contribution is 6.30. The molecule has 0 amide bonds. The van der Waals surface area contributed by atoms with Crippen LogP contribution in [0.25, 0.3) is 0 Å². The summed E-state index contributed by atoms with van der Waals surface area (Å²) in [6.45, 7) is 2.22. The fraction of sp³-hybridized carbons (Fsp3) is 0.300. The predicted octanol–water partition coefficient (Wildman–Crippen LogP) is 2.18. The van der Waals surface area contributed by atoms with Crippen LogP contribution in [0.1, 0.15) is 11.1 Å². The second kappa shape index (κ2) is 3.37. The predicted molar refractivity (Wildman–Crippen MR) is 51.2 cm³/mol. The number of rotatable bonds is 1. The Hall–Kier alpha value is -1.04. The van der Waals surface area contributed by atoms with Crippen LogP contribution in [0.5, 0.6) is 0 Å². The van der Waals surface area contributed by atoms with Crippen molar-refractivity contribution in [2.75, 3.05) is 6.54 Å². The summed E-state index contributed by atoms with van der Waals surface area (Å²) in [6.07, 6.45) is 0. The molecule has 0 bridgehead atoms. The van der Waals surface area contributed by atoms with Gasteiger partial charge in [-0.3, -0.25) is 4.90 Å². The topological polar surface area (TPSA) is 27.0 Å². The third kappa shape index (κ3) is 1.67. The largest absolute Gasteiger partial charge is 0.282 e. The Morgan fingerprint density at radius 1 is 1.38 bits per heavy atom. The molecule has 0 aliphatic carbocycles. The van der Waals surface area contributed by atoms with E-state index < -0.39 is 0 Å². The summed E-state index contributed by atoms with van der Waals surface area (Å²) >= 11 is 5.86. The van der Waals surface area contributed by atoms with Gasteiger partial charge in [-0.15, -0.1) is 0 Å². The van der Waals surface area contributed by atoms with Crippen LogP contribution in [0.2, 0.25) is 5.02 Å². The number of hydrogen-bond acceptors (Lipinski definition) is 2. The van der Waals surface area contributed by atoms with E-state index in [1.807, 2.05) is 18.2 Å². The summed E-state index contributed by atoms with van der Waals surface area (Å²) in [6, 6.07) is 8.07. The van der Waals surface area contributed by atoms with Gasteiger partial charge in [0.05, 0.1) is 12.6 Å². The normalized spacial score (nSPS) is 15.4. The summed E-state index contributed by atoms with van der Waals surface area (Å²) in [5.74, 6) is 0. The summed E-state index contributed by atoms with van der Waals surface area (Å²) in [5, 5.41) is 9.32. The van der Waals surface area contributed by atoms with Crippen molar-refractivity contribution in [1.29, 1.82) is 5.26 Å². The molecular weight excluding hydrogens is 184 g/mol. The average Bonchev–Trinajstić information content (AvgIpc) is 2.46. The first-order chi connectivity index (χ1) is 6.29. The van der Waals surface area contributed by atoms with E-state index in [1.165, 1.54) is 11.1 Å². The molecule has 1 aromatic rings. The Morgan fingerprint density at radius 2 is 2.15 bits per heavy atom. The van der Waals surface area contributed by atoms with Crippen LogP contribution in [0, 0.1) is 11.3 Å². The van der Waals surface area contributed by atoms with Crippen LogP contribution in [0.4, 0.5) is 0 Å². The SMILES string of the molecule is N#CCN1Cc2ccc(Cl)cc2C1. The number of hydrogen-bond donors (Lipinski definition) is 0. The fourth-order valence-electron chi connectivity index (χ4n) is 1.65. The summed E-state index contributed by atoms with van der Waals surface area (Å²) in [7, 11) is 0. The van der Waals surface area contributed by atoms with Crippen LogP contribution >= 0.6 is 11.6 Å². The van der Waals surface area contributed by atoms with Gasteiger partial charge in [-0.2, -0.15) is 5.26 Å². The molecular formula is C10H9ClN2. The maximum atomic E-state index is 8.54. The second-order valence-corrected chi connectivity index (χ2v) is 3.65. The lowest BCUT2D eigenvalue weighted by Gasteiger charge is -2.07. The molecule has 0 saturated carbocycles. The molecule has 2 rings (SSSR count). The van der Waals surface area contributed by atoms with Gasteiger partial charge in [-0.25, -0.2) is 0 Å². The average molecular weight is 193 g/mol. The molecule has 1 aliphatic rings. The van der Waals surface area contributed by atoms with Gasteiger partial charge in [-0.05, 0) is 23.3 Å². The Labute approximate surface area is 82.3 Å². The maximum Gasteiger partial charge on any atom is 0.0871 e. The van der Waals surface area contributed by atoms with Crippen LogP contribution in [-0.4, -0.2) is 11.4 Å². The maximum absolute atomic E-state index is 8.54. The van der Waals surface area contributed by atoms with E-state index in [0.29, 0.717) is 6.54 Å². The fourth-order valence-corrected chi connectivity index (χ4v) is 1.84. The molecule has 1 aromatic carbocycles. The van der Waals surface area contributed by atoms with Gasteiger partial charge < -0.3 is 0 Å². The van der Waals surface area contributed by atoms with Crippen molar-refractivity contribution in [3.8, 4) is 6.07 Å². The summed E-state index contributed by atoms with van der Waals surface area (Å²) < 4.78 is 0. The lowest BCUT2D eigenvalue weighted by atomic mass is 10.1. The van der Waals surface area contributed by atoms with Gasteiger partial charge in [0, 0.05) is 18.1 Å². The lowest BCUT2D eigenvalue weighted by molar-refractivity contribution is 0.320. The molecule has 2 nitrogen and oxygen atoms in total. The van der Waals surface area contributed by atoms with Crippen molar-refractivity contribution in [3.63, 3.8) is 0 Å². The number of benzene rings is 1. The van der Waals surface area contributed by atoms with Crippen molar-refractivity contribution < 1.29 is 0 Å². The van der Waals surface area contributed by atoms with E-state index in [0.717, 1.165) is 18.1 Å². The van der Waals surface area contributed by atoms with Gasteiger partial charge in [0.15, 0.2) is 0 Å². The van der Waals surface area contributed by atoms with E-state index in [2.05, 4.69) is 11.0 Å². The van der Waals surface area contributed by atoms with Gasteiger partial charge in [0.2, 0.25) is 0 Å². The number of fused-ring (bicyclic) bond motifs is 1. The zero-order valence-electron chi connectivity index (χ0n) is 7.13. The van der Waals surface area contributed by atoms with Gasteiger partial charge in [-0.1, -0.05) is 17.7 Å². The molecule has 1 aliphatic heterocycles. The van der Waals surface area contributed by atoms with Crippen molar-refractivity contribution in [1.82, 2.24) is 4.90 Å². The molecule has 0 radical (unpaired) electrons. The number of halogens is 1. The molecule has 0 spiro atoms. The van der Waals surface area contributed by atoms with Crippen LogP contribution in [0.15, 0.2) is 18.2 Å². The zero-order chi connectivity index (χ0) is 9.26. The lowest BCUT2D eigenvalue weighted by Crippen LogP contribution is -2.15. The quantitative estimate of drug-likeness (QED) is 0.638. The highest BCUT2D eigenvalue weighted by atomic mass is 35.5. The van der Waals surface area contributed by atoms with Crippen LogP contribution in [0.3, 0.4) is 0 Å². The second-order valence-electron chi connectivity index (χ2n) is 3.22.